The van der Waals surface area contributed by atoms with Gasteiger partial charge in [0.2, 0.25) is 0 Å². The Balaban J connectivity index is 2.06. The molecule has 0 spiro atoms. The average Bonchev–Trinajstić information content (AvgIpc) is 2.76. The summed E-state index contributed by atoms with van der Waals surface area (Å²) in [7, 11) is 0. The van der Waals surface area contributed by atoms with E-state index >= 15 is 0 Å². The van der Waals surface area contributed by atoms with Crippen molar-refractivity contribution in [3.8, 4) is 0 Å². The van der Waals surface area contributed by atoms with E-state index in [2.05, 4.69) is 10.3 Å². The number of alkyl halides is 3. The van der Waals surface area contributed by atoms with Crippen LogP contribution in [0, 0.1) is 12.7 Å². The number of aryl methyl sites for hydroxylation is 1. The highest BCUT2D eigenvalue weighted by Gasteiger charge is 2.33. The normalized spacial score (nSPS) is 11.8. The summed E-state index contributed by atoms with van der Waals surface area (Å²) in [6.07, 6.45) is -4.56. The standard InChI is InChI=1S/C13H12F4N2S/c1-8-7-20-12(19-8)6-18-5-9-2-3-10(14)4-11(9)13(15,16)17/h2-4,7,18H,5-6H2,1H3. The first-order valence-corrected chi connectivity index (χ1v) is 6.71. The molecule has 0 aliphatic rings. The Hall–Kier alpha value is -1.47. The molecule has 0 aliphatic heterocycles. The monoisotopic (exact) mass is 304 g/mol. The molecule has 0 saturated heterocycles. The molecule has 7 heteroatoms. The Bertz CT molecular complexity index is 592. The second-order valence-corrected chi connectivity index (χ2v) is 5.23. The van der Waals surface area contributed by atoms with E-state index in [0.29, 0.717) is 12.6 Å². The second kappa shape index (κ2) is 5.88. The van der Waals surface area contributed by atoms with Gasteiger partial charge in [-0.15, -0.1) is 11.3 Å². The van der Waals surface area contributed by atoms with Gasteiger partial charge in [-0.3, -0.25) is 0 Å². The van der Waals surface area contributed by atoms with Crippen LogP contribution < -0.4 is 5.32 Å². The van der Waals surface area contributed by atoms with Gasteiger partial charge >= 0.3 is 6.18 Å². The molecule has 1 heterocycles. The highest BCUT2D eigenvalue weighted by atomic mass is 32.1. The van der Waals surface area contributed by atoms with E-state index in [4.69, 9.17) is 0 Å². The fourth-order valence-corrected chi connectivity index (χ4v) is 2.50. The van der Waals surface area contributed by atoms with E-state index in [1.165, 1.54) is 11.3 Å². The van der Waals surface area contributed by atoms with Crippen molar-refractivity contribution in [3.05, 3.63) is 51.2 Å². The van der Waals surface area contributed by atoms with Crippen molar-refractivity contribution in [3.63, 3.8) is 0 Å². The van der Waals surface area contributed by atoms with Crippen LogP contribution in [0.1, 0.15) is 21.8 Å². The first-order valence-electron chi connectivity index (χ1n) is 5.83. The third kappa shape index (κ3) is 3.77. The van der Waals surface area contributed by atoms with Crippen LogP contribution in [0.5, 0.6) is 0 Å². The fourth-order valence-electron chi connectivity index (χ4n) is 1.75. The van der Waals surface area contributed by atoms with Crippen LogP contribution in [0.15, 0.2) is 23.6 Å². The van der Waals surface area contributed by atoms with Gasteiger partial charge in [-0.25, -0.2) is 9.37 Å². The van der Waals surface area contributed by atoms with Crippen LogP contribution in [-0.4, -0.2) is 4.98 Å². The van der Waals surface area contributed by atoms with Crippen molar-refractivity contribution in [2.24, 2.45) is 0 Å². The molecule has 20 heavy (non-hydrogen) atoms. The summed E-state index contributed by atoms with van der Waals surface area (Å²) in [6.45, 7) is 2.24. The first-order chi connectivity index (χ1) is 9.36. The minimum absolute atomic E-state index is 0.00769. The van der Waals surface area contributed by atoms with Crippen molar-refractivity contribution >= 4 is 11.3 Å². The molecule has 0 unspecified atom stereocenters. The quantitative estimate of drug-likeness (QED) is 0.867. The van der Waals surface area contributed by atoms with Crippen LogP contribution in [0.2, 0.25) is 0 Å². The molecule has 1 N–H and O–H groups in total. The van der Waals surface area contributed by atoms with E-state index in [0.717, 1.165) is 22.8 Å². The van der Waals surface area contributed by atoms with Gasteiger partial charge in [-0.05, 0) is 24.6 Å². The van der Waals surface area contributed by atoms with Gasteiger partial charge in [0.25, 0.3) is 0 Å². The smallest absolute Gasteiger partial charge is 0.306 e. The second-order valence-electron chi connectivity index (χ2n) is 4.29. The molecule has 108 valence electrons. The number of nitrogens with zero attached hydrogens (tertiary/aromatic N) is 1. The van der Waals surface area contributed by atoms with E-state index in [-0.39, 0.29) is 12.1 Å². The molecule has 0 fully saturated rings. The summed E-state index contributed by atoms with van der Waals surface area (Å²) in [4.78, 5) is 4.20. The Kier molecular flexibility index (Phi) is 4.39. The zero-order valence-electron chi connectivity index (χ0n) is 10.6. The zero-order chi connectivity index (χ0) is 14.8. The Morgan fingerprint density at radius 2 is 2.00 bits per heavy atom. The predicted octanol–water partition coefficient (Wildman–Crippen LogP) is 3.90. The molecule has 2 nitrogen and oxygen atoms in total. The summed E-state index contributed by atoms with van der Waals surface area (Å²) >= 11 is 1.44. The van der Waals surface area contributed by atoms with E-state index in [1.54, 1.807) is 0 Å². The lowest BCUT2D eigenvalue weighted by Gasteiger charge is -2.13. The average molecular weight is 304 g/mol. The molecular weight excluding hydrogens is 292 g/mol. The molecule has 0 aliphatic carbocycles. The van der Waals surface area contributed by atoms with Crippen molar-refractivity contribution in [2.75, 3.05) is 0 Å². The van der Waals surface area contributed by atoms with Crippen LogP contribution >= 0.6 is 11.3 Å². The zero-order valence-corrected chi connectivity index (χ0v) is 11.4. The van der Waals surface area contributed by atoms with Gasteiger partial charge in [-0.2, -0.15) is 13.2 Å². The highest BCUT2D eigenvalue weighted by Crippen LogP contribution is 2.32. The van der Waals surface area contributed by atoms with Crippen LogP contribution in [0.25, 0.3) is 0 Å². The fraction of sp³-hybridized carbons (Fsp3) is 0.308. The van der Waals surface area contributed by atoms with Crippen molar-refractivity contribution in [1.29, 1.82) is 0 Å². The van der Waals surface area contributed by atoms with Gasteiger partial charge in [-0.1, -0.05) is 6.07 Å². The number of nitrogens with one attached hydrogen (secondary N) is 1. The van der Waals surface area contributed by atoms with Crippen molar-refractivity contribution in [1.82, 2.24) is 10.3 Å². The summed E-state index contributed by atoms with van der Waals surface area (Å²) < 4.78 is 51.3. The predicted molar refractivity (Wildman–Crippen MR) is 68.8 cm³/mol. The largest absolute Gasteiger partial charge is 0.416 e. The van der Waals surface area contributed by atoms with Gasteiger partial charge in [0.15, 0.2) is 0 Å². The SMILES string of the molecule is Cc1csc(CNCc2ccc(F)cc2C(F)(F)F)n1. The lowest BCUT2D eigenvalue weighted by molar-refractivity contribution is -0.138. The number of hydrogen-bond donors (Lipinski definition) is 1. The molecule has 0 atom stereocenters. The molecule has 0 saturated carbocycles. The van der Waals surface area contributed by atoms with Crippen molar-refractivity contribution < 1.29 is 17.6 Å². The maximum absolute atomic E-state index is 12.9. The summed E-state index contributed by atoms with van der Waals surface area (Å²) in [5, 5.41) is 5.56. The van der Waals surface area contributed by atoms with Gasteiger partial charge in [0, 0.05) is 24.2 Å². The molecule has 2 aromatic rings. The lowest BCUT2D eigenvalue weighted by Crippen LogP contribution is -2.17. The Labute approximate surface area is 117 Å². The Morgan fingerprint density at radius 3 is 2.60 bits per heavy atom. The highest BCUT2D eigenvalue weighted by molar-refractivity contribution is 7.09. The van der Waals surface area contributed by atoms with E-state index in [1.807, 2.05) is 12.3 Å². The minimum atomic E-state index is -4.56. The summed E-state index contributed by atoms with van der Waals surface area (Å²) in [5.74, 6) is -0.892. The topological polar surface area (TPSA) is 24.9 Å². The van der Waals surface area contributed by atoms with Crippen molar-refractivity contribution in [2.45, 2.75) is 26.2 Å². The van der Waals surface area contributed by atoms with Gasteiger partial charge in [0.05, 0.1) is 5.56 Å². The number of rotatable bonds is 4. The number of hydrogen-bond acceptors (Lipinski definition) is 3. The lowest BCUT2D eigenvalue weighted by atomic mass is 10.1. The number of aromatic nitrogens is 1. The molecule has 0 amide bonds. The maximum Gasteiger partial charge on any atom is 0.416 e. The third-order valence-electron chi connectivity index (χ3n) is 2.64. The Morgan fingerprint density at radius 1 is 1.25 bits per heavy atom. The minimum Gasteiger partial charge on any atom is -0.306 e. The maximum atomic E-state index is 12.9. The number of thiazole rings is 1. The molecule has 0 radical (unpaired) electrons. The molecule has 1 aromatic carbocycles. The van der Waals surface area contributed by atoms with Crippen LogP contribution in [-0.2, 0) is 19.3 Å². The summed E-state index contributed by atoms with van der Waals surface area (Å²) in [5.41, 5.74) is -0.0444. The van der Waals surface area contributed by atoms with Gasteiger partial charge < -0.3 is 5.32 Å². The third-order valence-corrected chi connectivity index (χ3v) is 3.60. The number of benzene rings is 1. The summed E-state index contributed by atoms with van der Waals surface area (Å²) in [6, 6.07) is 2.70. The molecule has 2 rings (SSSR count). The molecular formula is C13H12F4N2S. The van der Waals surface area contributed by atoms with Gasteiger partial charge in [0.1, 0.15) is 10.8 Å². The van der Waals surface area contributed by atoms with E-state index in [9.17, 15) is 17.6 Å². The molecule has 0 bridgehead atoms. The first kappa shape index (κ1) is 14.9. The molecule has 1 aromatic heterocycles. The number of halogens is 4. The van der Waals surface area contributed by atoms with Crippen LogP contribution in [0.4, 0.5) is 17.6 Å². The van der Waals surface area contributed by atoms with Crippen LogP contribution in [0.3, 0.4) is 0 Å². The van der Waals surface area contributed by atoms with E-state index < -0.39 is 17.6 Å².